The normalized spacial score (nSPS) is 13.4. The van der Waals surface area contributed by atoms with Gasteiger partial charge in [-0.15, -0.1) is 0 Å². The van der Waals surface area contributed by atoms with Crippen LogP contribution in [0.4, 0.5) is 47.8 Å². The van der Waals surface area contributed by atoms with E-state index in [0.29, 0.717) is 50.8 Å². The minimum Gasteiger partial charge on any atom is -0.504 e. The number of nitriles is 3. The van der Waals surface area contributed by atoms with Crippen LogP contribution in [-0.2, 0) is 14.4 Å². The number of phenols is 3. The Hall–Kier alpha value is -13.1. The molecule has 3 aromatic carbocycles. The Kier molecular flexibility index (Phi) is 29.3. The van der Waals surface area contributed by atoms with Crippen molar-refractivity contribution in [1.82, 2.24) is 58.3 Å². The highest BCUT2D eigenvalue weighted by molar-refractivity contribution is 6.40. The number of aryl methyl sites for hydroxylation is 3. The summed E-state index contributed by atoms with van der Waals surface area (Å²) in [6.45, 7) is 30.2. The summed E-state index contributed by atoms with van der Waals surface area (Å²) < 4.78 is 108. The molecular formula is C93H75Cl8F7N18O9. The van der Waals surface area contributed by atoms with Crippen LogP contribution in [0, 0.1) is 95.5 Å². The molecule has 27 nitrogen and oxygen atoms in total. The molecule has 42 heteroatoms. The molecule has 0 bridgehead atoms. The number of amides is 3. The van der Waals surface area contributed by atoms with Crippen LogP contribution in [0.1, 0.15) is 110 Å². The molecule has 3 saturated heterocycles. The van der Waals surface area contributed by atoms with Crippen molar-refractivity contribution in [3.05, 3.63) is 255 Å². The quantitative estimate of drug-likeness (QED) is 0.0371. The Bertz CT molecular complexity index is 6650. The smallest absolute Gasteiger partial charge is 0.276 e. The maximum atomic E-state index is 15.5. The van der Waals surface area contributed by atoms with Crippen molar-refractivity contribution < 1.29 is 60.4 Å². The van der Waals surface area contributed by atoms with Crippen LogP contribution in [0.25, 0.3) is 83.9 Å². The molecule has 0 atom stereocenters. The lowest BCUT2D eigenvalue weighted by atomic mass is 10.0. The van der Waals surface area contributed by atoms with Crippen LogP contribution in [0.2, 0.25) is 40.2 Å². The number of halogens is 15. The summed E-state index contributed by atoms with van der Waals surface area (Å²) in [7, 11) is 0. The molecule has 0 radical (unpaired) electrons. The summed E-state index contributed by atoms with van der Waals surface area (Å²) in [4.78, 5) is 117. The van der Waals surface area contributed by atoms with Gasteiger partial charge < -0.3 is 44.7 Å². The van der Waals surface area contributed by atoms with E-state index < -0.39 is 122 Å². The summed E-state index contributed by atoms with van der Waals surface area (Å²) in [5, 5.41) is 57.3. The van der Waals surface area contributed by atoms with E-state index in [9.17, 15) is 77.4 Å². The molecular weight excluding hydrogens is 1930 g/mol. The number of carbonyl (C=O) groups excluding carboxylic acids is 3. The van der Waals surface area contributed by atoms with Gasteiger partial charge in [0.1, 0.15) is 66.9 Å². The topological polar surface area (TPSA) is 346 Å². The first-order chi connectivity index (χ1) is 64.0. The Morgan fingerprint density at radius 1 is 0.378 bits per heavy atom. The number of hydrogen-bond donors (Lipinski definition) is 3. The highest BCUT2D eigenvalue weighted by Crippen LogP contribution is 2.51. The van der Waals surface area contributed by atoms with Crippen LogP contribution >= 0.6 is 92.8 Å². The third kappa shape index (κ3) is 17.7. The van der Waals surface area contributed by atoms with Gasteiger partial charge in [-0.1, -0.05) is 154 Å². The maximum absolute atomic E-state index is 15.5. The van der Waals surface area contributed by atoms with Gasteiger partial charge in [0.15, 0.2) is 58.0 Å². The fraction of sp³-hybridized carbons (Fsp3) is 0.258. The Labute approximate surface area is 804 Å². The highest BCUT2D eigenvalue weighted by atomic mass is 35.5. The number of aromatic hydroxyl groups is 3. The summed E-state index contributed by atoms with van der Waals surface area (Å²) >= 11 is 49.6. The molecule has 12 aromatic rings. The predicted octanol–water partition coefficient (Wildman–Crippen LogP) is 19.1. The molecule has 0 saturated carbocycles. The number of rotatable bonds is 15. The third-order valence-corrected chi connectivity index (χ3v) is 25.6. The van der Waals surface area contributed by atoms with Gasteiger partial charge in [-0.05, 0) is 110 Å². The number of pyridine rings is 9. The van der Waals surface area contributed by atoms with Crippen molar-refractivity contribution in [2.45, 2.75) is 80.1 Å². The van der Waals surface area contributed by atoms with Gasteiger partial charge in [0.05, 0.1) is 110 Å². The number of fused-ring (bicyclic) bond motifs is 3. The number of aromatic nitrogens is 9. The molecule has 0 unspecified atom stereocenters. The summed E-state index contributed by atoms with van der Waals surface area (Å²) in [5.41, 5.74) is -1.55. The first-order valence-electron chi connectivity index (χ1n) is 41.1. The van der Waals surface area contributed by atoms with Crippen molar-refractivity contribution in [3.63, 3.8) is 0 Å². The first-order valence-corrected chi connectivity index (χ1v) is 44.1. The molecule has 3 fully saturated rings. The van der Waals surface area contributed by atoms with Crippen molar-refractivity contribution in [1.29, 1.82) is 15.8 Å². The summed E-state index contributed by atoms with van der Waals surface area (Å²) in [6.07, 6.45) is 8.37. The van der Waals surface area contributed by atoms with E-state index in [4.69, 9.17) is 92.8 Å². The Morgan fingerprint density at radius 2 is 0.630 bits per heavy atom. The third-order valence-electron chi connectivity index (χ3n) is 23.0. The van der Waals surface area contributed by atoms with Gasteiger partial charge >= 0.3 is 0 Å². The molecule has 3 amide bonds. The lowest BCUT2D eigenvalue weighted by Crippen LogP contribution is -2.49. The van der Waals surface area contributed by atoms with Crippen LogP contribution in [0.3, 0.4) is 0 Å². The van der Waals surface area contributed by atoms with Crippen molar-refractivity contribution in [2.75, 3.05) is 93.2 Å². The lowest BCUT2D eigenvalue weighted by Gasteiger charge is -2.36. The highest BCUT2D eigenvalue weighted by Gasteiger charge is 2.39. The number of anilines is 3. The molecule has 696 valence electrons. The van der Waals surface area contributed by atoms with E-state index in [-0.39, 0.29) is 207 Å². The average molecular weight is 2010 g/mol. The molecule has 0 spiro atoms. The summed E-state index contributed by atoms with van der Waals surface area (Å²) in [6, 6.07) is 15.2. The zero-order valence-corrected chi connectivity index (χ0v) is 78.8. The Morgan fingerprint density at radius 3 is 0.881 bits per heavy atom. The zero-order valence-electron chi connectivity index (χ0n) is 72.8. The minimum absolute atomic E-state index is 0.0357. The number of nitrogens with zero attached hydrogens (tertiary/aromatic N) is 18. The van der Waals surface area contributed by atoms with Gasteiger partial charge in [-0.2, -0.15) is 15.8 Å². The maximum Gasteiger partial charge on any atom is 0.276 e. The SMILES string of the molecule is C=CC(=O)N1CCN(c2c(C#N)c(=O)n(-c3c(C)ccnc3C(C)C)c3nc(-c4c(F)c(Cl)c(F)c(O)c4Cl)c(Cl)cc23)CC1.C=CC(=O)N1CCN(c2c(C#N)c(=O)n(-c3c(C)ccnc3C(C)C)c3nc(-c4c(F)c(Cl)c(F)c(O)c4Cl)c(Cl)cc23)CC1.C=CC(=O)N1CCN(c2c(C#N)c(=O)n(-c3c(C)ccnc3C(C)C)c3nc(-c4c(O)c(F)c(Cl)c(F)c4F)c(Cl)cc23)CC1. The second kappa shape index (κ2) is 39.8. The van der Waals surface area contributed by atoms with Crippen molar-refractivity contribution in [3.8, 4) is 86.3 Å². The average Bonchev–Trinajstić information content (AvgIpc) is 0.728. The molecule has 3 N–H and O–H groups in total. The molecule has 3 aliphatic rings. The van der Waals surface area contributed by atoms with E-state index in [2.05, 4.69) is 49.6 Å². The monoisotopic (exact) mass is 2000 g/mol. The number of benzene rings is 3. The fourth-order valence-corrected chi connectivity index (χ4v) is 18.2. The second-order valence-corrected chi connectivity index (χ2v) is 35.1. The number of piperazine rings is 3. The largest absolute Gasteiger partial charge is 0.504 e. The lowest BCUT2D eigenvalue weighted by molar-refractivity contribution is -0.127. The number of carbonyl (C=O) groups is 3. The van der Waals surface area contributed by atoms with Crippen LogP contribution in [0.5, 0.6) is 17.2 Å². The van der Waals surface area contributed by atoms with Gasteiger partial charge in [-0.3, -0.25) is 57.4 Å². The molecule has 15 rings (SSSR count). The van der Waals surface area contributed by atoms with Crippen molar-refractivity contribution >= 4 is 161 Å². The van der Waals surface area contributed by atoms with Gasteiger partial charge in [0, 0.05) is 113 Å². The molecule has 9 aromatic heterocycles. The van der Waals surface area contributed by atoms with Crippen molar-refractivity contribution in [2.24, 2.45) is 0 Å². The van der Waals surface area contributed by atoms with Crippen LogP contribution in [-0.4, -0.2) is 170 Å². The van der Waals surface area contributed by atoms with Crippen LogP contribution in [0.15, 0.2) is 107 Å². The van der Waals surface area contributed by atoms with Gasteiger partial charge in [-0.25, -0.2) is 45.7 Å². The predicted molar refractivity (Wildman–Crippen MR) is 504 cm³/mol. The van der Waals surface area contributed by atoms with Gasteiger partial charge in [0.2, 0.25) is 17.7 Å². The number of phenolic OH excluding ortho intramolecular Hbond substituents is 3. The fourth-order valence-electron chi connectivity index (χ4n) is 16.4. The molecule has 135 heavy (non-hydrogen) atoms. The second-order valence-electron chi connectivity index (χ2n) is 32.0. The van der Waals surface area contributed by atoms with Crippen LogP contribution < -0.4 is 31.4 Å². The van der Waals surface area contributed by atoms with E-state index in [1.54, 1.807) is 87.0 Å². The Balaban J connectivity index is 0.000000171. The standard InChI is InChI=1S/2C31H25Cl3F2N6O3.C31H25Cl2F3N6O3/c2*1-5-19(43)40-8-10-41(11-9-40)28-16-12-18(32)26(20-21(33)29(44)24(36)22(34)23(20)35)39-30(16)42(31(45)17(28)13-37)27-15(4)6-7-38-25(27)14(2)3;1-5-19(43)40-8-10-41(11-9-40)28-16-12-18(32)26(20-22(34)23(35)21(33)24(36)29(20)44)39-30(16)42(31(45)17(28)13-37)27-15(4)6-7-38-25(27)14(2)3/h3*5-7,12,14,44H,1,8-11H2,2-4H3. The first kappa shape index (κ1) is 99.4. The zero-order chi connectivity index (χ0) is 98.7. The van der Waals surface area contributed by atoms with E-state index >= 15 is 13.2 Å². The van der Waals surface area contributed by atoms with E-state index in [1.807, 2.05) is 59.8 Å². The summed E-state index contributed by atoms with van der Waals surface area (Å²) in [5.74, 6) is -15.5. The molecule has 3 aliphatic heterocycles. The minimum atomic E-state index is -1.77. The van der Waals surface area contributed by atoms with E-state index in [1.165, 1.54) is 45.6 Å². The molecule has 12 heterocycles. The van der Waals surface area contributed by atoms with Gasteiger partial charge in [0.25, 0.3) is 16.7 Å². The molecule has 0 aliphatic carbocycles. The van der Waals surface area contributed by atoms with E-state index in [0.717, 1.165) is 4.57 Å². The number of hydrogen-bond acceptors (Lipinski definition) is 21.